The lowest BCUT2D eigenvalue weighted by atomic mass is 10.1. The molecule has 1 aliphatic rings. The molecule has 0 aliphatic heterocycles. The van der Waals surface area contributed by atoms with Crippen LogP contribution in [0.2, 0.25) is 0 Å². The standard InChI is InChI=1S/C15H21N3OS/c1-2-16-15-17-13(12-9-10-20-14(12)18-15)19-11-7-5-3-4-6-8-11/h9-11H,2-8H2,1H3,(H,16,17,18). The van der Waals surface area contributed by atoms with Gasteiger partial charge in [0.05, 0.1) is 5.39 Å². The van der Waals surface area contributed by atoms with E-state index >= 15 is 0 Å². The number of nitrogens with one attached hydrogen (secondary N) is 1. The maximum Gasteiger partial charge on any atom is 0.227 e. The molecule has 5 heteroatoms. The van der Waals surface area contributed by atoms with Crippen molar-refractivity contribution in [2.75, 3.05) is 11.9 Å². The maximum absolute atomic E-state index is 6.21. The van der Waals surface area contributed by atoms with Crippen LogP contribution in [0.3, 0.4) is 0 Å². The van der Waals surface area contributed by atoms with E-state index in [0.717, 1.165) is 35.5 Å². The highest BCUT2D eigenvalue weighted by molar-refractivity contribution is 7.16. The van der Waals surface area contributed by atoms with Crippen molar-refractivity contribution in [3.8, 4) is 5.88 Å². The van der Waals surface area contributed by atoms with Crippen LogP contribution in [0.4, 0.5) is 5.95 Å². The third-order valence-electron chi connectivity index (χ3n) is 3.71. The molecule has 2 aromatic rings. The predicted molar refractivity (Wildman–Crippen MR) is 83.7 cm³/mol. The fraction of sp³-hybridized carbons (Fsp3) is 0.600. The zero-order valence-corrected chi connectivity index (χ0v) is 12.7. The Balaban J connectivity index is 1.86. The Kier molecular flexibility index (Phi) is 4.35. The molecule has 1 aliphatic carbocycles. The number of aromatic nitrogens is 2. The van der Waals surface area contributed by atoms with E-state index in [1.54, 1.807) is 11.3 Å². The Bertz CT molecular complexity index is 561. The summed E-state index contributed by atoms with van der Waals surface area (Å²) in [5.41, 5.74) is 0. The van der Waals surface area contributed by atoms with Crippen LogP contribution >= 0.6 is 11.3 Å². The zero-order valence-electron chi connectivity index (χ0n) is 11.9. The summed E-state index contributed by atoms with van der Waals surface area (Å²) in [6, 6.07) is 2.06. The fourth-order valence-corrected chi connectivity index (χ4v) is 3.43. The lowest BCUT2D eigenvalue weighted by Crippen LogP contribution is -2.16. The molecule has 1 fully saturated rings. The molecule has 20 heavy (non-hydrogen) atoms. The van der Waals surface area contributed by atoms with Gasteiger partial charge in [-0.3, -0.25) is 0 Å². The number of anilines is 1. The maximum atomic E-state index is 6.21. The van der Waals surface area contributed by atoms with Gasteiger partial charge in [-0.15, -0.1) is 11.3 Å². The molecule has 1 saturated carbocycles. The molecule has 108 valence electrons. The topological polar surface area (TPSA) is 47.0 Å². The van der Waals surface area contributed by atoms with Crippen molar-refractivity contribution >= 4 is 27.5 Å². The number of hydrogen-bond donors (Lipinski definition) is 1. The molecule has 1 N–H and O–H groups in total. The van der Waals surface area contributed by atoms with E-state index in [1.165, 1.54) is 25.7 Å². The number of hydrogen-bond acceptors (Lipinski definition) is 5. The quantitative estimate of drug-likeness (QED) is 0.857. The molecule has 0 amide bonds. The van der Waals surface area contributed by atoms with E-state index in [1.807, 2.05) is 6.92 Å². The summed E-state index contributed by atoms with van der Waals surface area (Å²) >= 11 is 1.64. The normalized spacial score (nSPS) is 17.1. The second-order valence-electron chi connectivity index (χ2n) is 5.25. The van der Waals surface area contributed by atoms with Crippen molar-refractivity contribution in [2.45, 2.75) is 51.6 Å². The molecule has 0 aromatic carbocycles. The zero-order chi connectivity index (χ0) is 13.8. The molecule has 0 saturated heterocycles. The molecular weight excluding hydrogens is 270 g/mol. The summed E-state index contributed by atoms with van der Waals surface area (Å²) in [5, 5.41) is 6.28. The van der Waals surface area contributed by atoms with Crippen molar-refractivity contribution < 1.29 is 4.74 Å². The Hall–Kier alpha value is -1.36. The van der Waals surface area contributed by atoms with Crippen LogP contribution in [0.25, 0.3) is 10.2 Å². The van der Waals surface area contributed by atoms with Crippen molar-refractivity contribution in [2.24, 2.45) is 0 Å². The Labute approximate surface area is 123 Å². The molecule has 4 nitrogen and oxygen atoms in total. The minimum absolute atomic E-state index is 0.310. The van der Waals surface area contributed by atoms with Gasteiger partial charge in [0.1, 0.15) is 10.9 Å². The second-order valence-corrected chi connectivity index (χ2v) is 6.15. The summed E-state index contributed by atoms with van der Waals surface area (Å²) in [7, 11) is 0. The molecule has 0 bridgehead atoms. The number of ether oxygens (including phenoxy) is 1. The first-order chi connectivity index (χ1) is 9.86. The van der Waals surface area contributed by atoms with Crippen LogP contribution in [0.5, 0.6) is 5.88 Å². The van der Waals surface area contributed by atoms with Crippen LogP contribution in [-0.4, -0.2) is 22.6 Å². The number of nitrogens with zero attached hydrogens (tertiary/aromatic N) is 2. The third-order valence-corrected chi connectivity index (χ3v) is 4.51. The number of fused-ring (bicyclic) bond motifs is 1. The van der Waals surface area contributed by atoms with Gasteiger partial charge in [-0.2, -0.15) is 4.98 Å². The second kappa shape index (κ2) is 6.39. The van der Waals surface area contributed by atoms with Crippen molar-refractivity contribution in [1.29, 1.82) is 0 Å². The minimum atomic E-state index is 0.310. The van der Waals surface area contributed by atoms with Crippen LogP contribution in [0, 0.1) is 0 Å². The highest BCUT2D eigenvalue weighted by Gasteiger charge is 2.17. The van der Waals surface area contributed by atoms with Gasteiger partial charge in [-0.1, -0.05) is 12.8 Å². The highest BCUT2D eigenvalue weighted by atomic mass is 32.1. The number of thiophene rings is 1. The fourth-order valence-electron chi connectivity index (χ4n) is 2.67. The summed E-state index contributed by atoms with van der Waals surface area (Å²) in [5.74, 6) is 1.42. The van der Waals surface area contributed by atoms with E-state index in [9.17, 15) is 0 Å². The average molecular weight is 291 g/mol. The van der Waals surface area contributed by atoms with Gasteiger partial charge in [-0.05, 0) is 44.1 Å². The van der Waals surface area contributed by atoms with Gasteiger partial charge < -0.3 is 10.1 Å². The number of rotatable bonds is 4. The summed E-state index contributed by atoms with van der Waals surface area (Å²) < 4.78 is 6.21. The van der Waals surface area contributed by atoms with Crippen molar-refractivity contribution in [1.82, 2.24) is 9.97 Å². The van der Waals surface area contributed by atoms with E-state index in [-0.39, 0.29) is 0 Å². The third kappa shape index (κ3) is 3.03. The lowest BCUT2D eigenvalue weighted by Gasteiger charge is -2.17. The van der Waals surface area contributed by atoms with Crippen LogP contribution in [0.15, 0.2) is 11.4 Å². The van der Waals surface area contributed by atoms with Crippen molar-refractivity contribution in [3.63, 3.8) is 0 Å². The molecule has 0 radical (unpaired) electrons. The van der Waals surface area contributed by atoms with Gasteiger partial charge in [0, 0.05) is 6.54 Å². The van der Waals surface area contributed by atoms with Crippen LogP contribution in [-0.2, 0) is 0 Å². The molecule has 2 aromatic heterocycles. The SMILES string of the molecule is CCNc1nc(OC2CCCCCC2)c2ccsc2n1. The molecular formula is C15H21N3OS. The van der Waals surface area contributed by atoms with E-state index < -0.39 is 0 Å². The summed E-state index contributed by atoms with van der Waals surface area (Å²) in [6.45, 7) is 2.87. The van der Waals surface area contributed by atoms with Crippen molar-refractivity contribution in [3.05, 3.63) is 11.4 Å². The first-order valence-corrected chi connectivity index (χ1v) is 8.40. The highest BCUT2D eigenvalue weighted by Crippen LogP contribution is 2.30. The van der Waals surface area contributed by atoms with E-state index in [2.05, 4.69) is 26.7 Å². The van der Waals surface area contributed by atoms with Crippen LogP contribution in [0.1, 0.15) is 45.4 Å². The first kappa shape index (κ1) is 13.6. The average Bonchev–Trinajstić information content (AvgIpc) is 2.77. The summed E-state index contributed by atoms with van der Waals surface area (Å²) in [4.78, 5) is 10.1. The van der Waals surface area contributed by atoms with Gasteiger partial charge in [0.25, 0.3) is 0 Å². The first-order valence-electron chi connectivity index (χ1n) is 7.52. The molecule has 0 atom stereocenters. The molecule has 0 spiro atoms. The summed E-state index contributed by atoms with van der Waals surface area (Å²) in [6.07, 6.45) is 7.80. The van der Waals surface area contributed by atoms with E-state index in [4.69, 9.17) is 4.74 Å². The minimum Gasteiger partial charge on any atom is -0.474 e. The molecule has 3 rings (SSSR count). The van der Waals surface area contributed by atoms with Gasteiger partial charge in [0.15, 0.2) is 0 Å². The van der Waals surface area contributed by atoms with Crippen LogP contribution < -0.4 is 10.1 Å². The predicted octanol–water partition coefficient (Wildman–Crippen LogP) is 4.22. The Morgan fingerprint density at radius 1 is 1.25 bits per heavy atom. The van der Waals surface area contributed by atoms with Gasteiger partial charge in [-0.25, -0.2) is 4.98 Å². The lowest BCUT2D eigenvalue weighted by molar-refractivity contribution is 0.179. The monoisotopic (exact) mass is 291 g/mol. The van der Waals surface area contributed by atoms with Gasteiger partial charge in [0.2, 0.25) is 11.8 Å². The Morgan fingerprint density at radius 3 is 2.80 bits per heavy atom. The molecule has 2 heterocycles. The largest absolute Gasteiger partial charge is 0.474 e. The Morgan fingerprint density at radius 2 is 2.05 bits per heavy atom. The smallest absolute Gasteiger partial charge is 0.227 e. The van der Waals surface area contributed by atoms with Gasteiger partial charge >= 0.3 is 0 Å². The molecule has 0 unspecified atom stereocenters. The van der Waals surface area contributed by atoms with E-state index in [0.29, 0.717) is 12.1 Å².